The summed E-state index contributed by atoms with van der Waals surface area (Å²) >= 11 is 0. The molecule has 0 radical (unpaired) electrons. The second-order valence-electron chi connectivity index (χ2n) is 3.66. The van der Waals surface area contributed by atoms with E-state index in [1.165, 1.54) is 19.1 Å². The zero-order valence-corrected chi connectivity index (χ0v) is 10.9. The molecule has 1 aromatic carbocycles. The summed E-state index contributed by atoms with van der Waals surface area (Å²) in [5.41, 5.74) is 1.09. The summed E-state index contributed by atoms with van der Waals surface area (Å²) in [6.07, 6.45) is 0. The third-order valence-corrected chi connectivity index (χ3v) is 2.18. The largest absolute Gasteiger partial charge is 0.457 e. The Balaban J connectivity index is 2.75. The van der Waals surface area contributed by atoms with Gasteiger partial charge in [0, 0.05) is 5.57 Å². The van der Waals surface area contributed by atoms with Crippen LogP contribution >= 0.6 is 0 Å². The molecule has 1 rings (SSSR count). The van der Waals surface area contributed by atoms with Crippen LogP contribution in [-0.2, 0) is 26.4 Å². The maximum Gasteiger partial charge on any atom is 0.396 e. The van der Waals surface area contributed by atoms with Crippen LogP contribution in [0.15, 0.2) is 46.1 Å². The predicted octanol–water partition coefficient (Wildman–Crippen LogP) is 2.19. The molecule has 1 aromatic rings. The Kier molecular flexibility index (Phi) is 4.90. The van der Waals surface area contributed by atoms with Gasteiger partial charge in [-0.25, -0.2) is 4.79 Å². The number of esters is 1. The number of benzene rings is 1. The summed E-state index contributed by atoms with van der Waals surface area (Å²) in [6, 6.07) is 6.21. The van der Waals surface area contributed by atoms with Crippen LogP contribution in [0.4, 0.5) is 5.69 Å². The van der Waals surface area contributed by atoms with Crippen molar-refractivity contribution in [1.82, 2.24) is 0 Å². The van der Waals surface area contributed by atoms with Crippen LogP contribution in [0.2, 0.25) is 0 Å². The van der Waals surface area contributed by atoms with E-state index in [1.807, 2.05) is 0 Å². The van der Waals surface area contributed by atoms with Crippen molar-refractivity contribution in [3.8, 4) is 0 Å². The molecule has 8 heteroatoms. The van der Waals surface area contributed by atoms with Gasteiger partial charge in [0.1, 0.15) is 6.61 Å². The fourth-order valence-corrected chi connectivity index (χ4v) is 1.28. The quantitative estimate of drug-likeness (QED) is 0.386. The molecule has 102 valence electrons. The van der Waals surface area contributed by atoms with E-state index in [9.17, 15) is 13.2 Å². The minimum atomic E-state index is -4.51. The zero-order chi connectivity index (χ0) is 14.5. The summed E-state index contributed by atoms with van der Waals surface area (Å²) < 4.78 is 36.8. The normalized spacial score (nSPS) is 11.5. The van der Waals surface area contributed by atoms with Gasteiger partial charge in [-0.05, 0) is 29.1 Å². The Hall–Kier alpha value is -2.06. The first-order valence-corrected chi connectivity index (χ1v) is 6.49. The number of ether oxygens (including phenoxy) is 1. The molecule has 7 nitrogen and oxygen atoms in total. The van der Waals surface area contributed by atoms with Crippen molar-refractivity contribution < 1.29 is 22.5 Å². The molecule has 1 N–H and O–H groups in total. The molecular formula is C11H12N2O5S. The van der Waals surface area contributed by atoms with Gasteiger partial charge in [-0.3, -0.25) is 4.55 Å². The monoisotopic (exact) mass is 284 g/mol. The lowest BCUT2D eigenvalue weighted by Crippen LogP contribution is -2.04. The lowest BCUT2D eigenvalue weighted by atomic mass is 10.2. The number of carbonyl (C=O) groups is 1. The fourth-order valence-electron chi connectivity index (χ4n) is 1.08. The molecule has 0 atom stereocenters. The van der Waals surface area contributed by atoms with Gasteiger partial charge in [0.2, 0.25) is 0 Å². The van der Waals surface area contributed by atoms with Gasteiger partial charge in [-0.2, -0.15) is 8.42 Å². The highest BCUT2D eigenvalue weighted by atomic mass is 32.2. The van der Waals surface area contributed by atoms with E-state index in [1.54, 1.807) is 12.1 Å². The molecule has 0 bridgehead atoms. The van der Waals surface area contributed by atoms with E-state index in [0.717, 1.165) is 0 Å². The second-order valence-corrected chi connectivity index (χ2v) is 4.71. The van der Waals surface area contributed by atoms with E-state index in [4.69, 9.17) is 9.29 Å². The summed E-state index contributed by atoms with van der Waals surface area (Å²) in [6.45, 7) is 4.97. The maximum absolute atomic E-state index is 11.2. The zero-order valence-electron chi connectivity index (χ0n) is 10.1. The van der Waals surface area contributed by atoms with E-state index >= 15 is 0 Å². The molecule has 0 heterocycles. The molecule has 0 fully saturated rings. The molecule has 0 saturated carbocycles. The highest BCUT2D eigenvalue weighted by Gasteiger charge is 2.04. The second kappa shape index (κ2) is 6.21. The lowest BCUT2D eigenvalue weighted by molar-refractivity contribution is -0.140. The minimum absolute atomic E-state index is 0.000921. The summed E-state index contributed by atoms with van der Waals surface area (Å²) in [7, 11) is -4.51. The van der Waals surface area contributed by atoms with E-state index in [2.05, 4.69) is 16.2 Å². The Labute approximate surface area is 110 Å². The summed E-state index contributed by atoms with van der Waals surface area (Å²) in [5.74, 6) is -0.523. The molecule has 0 unspecified atom stereocenters. The molecule has 0 aliphatic carbocycles. The van der Waals surface area contributed by atoms with Gasteiger partial charge < -0.3 is 4.74 Å². The molecular weight excluding hydrogens is 272 g/mol. The van der Waals surface area contributed by atoms with Crippen molar-refractivity contribution >= 4 is 22.0 Å². The minimum Gasteiger partial charge on any atom is -0.457 e. The summed E-state index contributed by atoms with van der Waals surface area (Å²) in [4.78, 5) is 11.2. The van der Waals surface area contributed by atoms with Crippen LogP contribution in [0.5, 0.6) is 0 Å². The van der Waals surface area contributed by atoms with Gasteiger partial charge in [-0.1, -0.05) is 18.7 Å². The van der Waals surface area contributed by atoms with Crippen LogP contribution in [0, 0.1) is 0 Å². The van der Waals surface area contributed by atoms with Gasteiger partial charge in [0.15, 0.2) is 0 Å². The van der Waals surface area contributed by atoms with Crippen molar-refractivity contribution in [3.63, 3.8) is 0 Å². The van der Waals surface area contributed by atoms with Gasteiger partial charge in [0.05, 0.1) is 5.69 Å². The molecule has 0 amide bonds. The number of rotatable bonds is 5. The highest BCUT2D eigenvalue weighted by Crippen LogP contribution is 2.16. The van der Waals surface area contributed by atoms with Crippen molar-refractivity contribution in [3.05, 3.63) is 42.0 Å². The van der Waals surface area contributed by atoms with Crippen molar-refractivity contribution in [2.45, 2.75) is 13.5 Å². The van der Waals surface area contributed by atoms with Crippen LogP contribution in [0.3, 0.4) is 0 Å². The molecule has 0 spiro atoms. The first-order chi connectivity index (χ1) is 8.78. The highest BCUT2D eigenvalue weighted by molar-refractivity contribution is 7.84. The van der Waals surface area contributed by atoms with Crippen LogP contribution in [-0.4, -0.2) is 18.9 Å². The Morgan fingerprint density at radius 3 is 2.74 bits per heavy atom. The topological polar surface area (TPSA) is 105 Å². The van der Waals surface area contributed by atoms with Gasteiger partial charge in [0.25, 0.3) is 0 Å². The Bertz CT molecular complexity index is 622. The number of carbonyl (C=O) groups excluding carboxylic acids is 1. The standard InChI is InChI=1S/C11H12N2O5S/c1-8(2)11(14)18-7-9-4-3-5-10(6-9)12-13-19(15,16)17/h3-6H,1,7H2,2H3,(H,15,16,17)/b13-12+. The maximum atomic E-state index is 11.2. The van der Waals surface area contributed by atoms with Gasteiger partial charge in [-0.15, -0.1) is 5.11 Å². The predicted molar refractivity (Wildman–Crippen MR) is 67.1 cm³/mol. The van der Waals surface area contributed by atoms with Crippen LogP contribution in [0.25, 0.3) is 0 Å². The van der Waals surface area contributed by atoms with Crippen molar-refractivity contribution in [2.24, 2.45) is 9.63 Å². The average Bonchev–Trinajstić information content (AvgIpc) is 2.33. The SMILES string of the molecule is C=C(C)C(=O)OCc1cccc(/N=N/S(=O)(=O)O)c1. The fraction of sp³-hybridized carbons (Fsp3) is 0.182. The molecule has 0 aliphatic heterocycles. The molecule has 0 aliphatic rings. The van der Waals surface area contributed by atoms with Crippen LogP contribution < -0.4 is 0 Å². The number of hydrogen-bond donors (Lipinski definition) is 1. The first-order valence-electron chi connectivity index (χ1n) is 5.10. The van der Waals surface area contributed by atoms with Gasteiger partial charge >= 0.3 is 16.3 Å². The van der Waals surface area contributed by atoms with E-state index in [0.29, 0.717) is 5.56 Å². The van der Waals surface area contributed by atoms with E-state index in [-0.39, 0.29) is 17.9 Å². The first kappa shape index (κ1) is 15.0. The number of nitrogens with zero attached hydrogens (tertiary/aromatic N) is 2. The van der Waals surface area contributed by atoms with Crippen LogP contribution in [0.1, 0.15) is 12.5 Å². The number of hydrogen-bond acceptors (Lipinski definition) is 5. The lowest BCUT2D eigenvalue weighted by Gasteiger charge is -2.04. The molecule has 0 aromatic heterocycles. The summed E-state index contributed by atoms with van der Waals surface area (Å²) in [5, 5.41) is 3.33. The van der Waals surface area contributed by atoms with Crippen molar-refractivity contribution in [2.75, 3.05) is 0 Å². The van der Waals surface area contributed by atoms with E-state index < -0.39 is 16.3 Å². The Morgan fingerprint density at radius 2 is 2.16 bits per heavy atom. The smallest absolute Gasteiger partial charge is 0.396 e. The molecule has 19 heavy (non-hydrogen) atoms. The third-order valence-electron chi connectivity index (χ3n) is 1.89. The Morgan fingerprint density at radius 1 is 1.47 bits per heavy atom. The van der Waals surface area contributed by atoms with Crippen molar-refractivity contribution in [1.29, 1.82) is 0 Å². The third kappa shape index (κ3) is 5.89. The average molecular weight is 284 g/mol. The molecule has 0 saturated heterocycles.